The van der Waals surface area contributed by atoms with Crippen molar-refractivity contribution in [3.63, 3.8) is 0 Å². The summed E-state index contributed by atoms with van der Waals surface area (Å²) in [7, 11) is 0. The van der Waals surface area contributed by atoms with Crippen molar-refractivity contribution in [2.45, 2.75) is 12.8 Å². The van der Waals surface area contributed by atoms with Crippen LogP contribution < -0.4 is 10.2 Å². The van der Waals surface area contributed by atoms with Crippen molar-refractivity contribution in [3.05, 3.63) is 54.4 Å². The average molecular weight is 366 g/mol. The summed E-state index contributed by atoms with van der Waals surface area (Å²) in [6.07, 6.45) is 3.30. The monoisotopic (exact) mass is 365 g/mol. The molecule has 128 valence electrons. The minimum absolute atomic E-state index is 0.0610. The molecule has 1 heterocycles. The molecule has 0 aliphatic heterocycles. The van der Waals surface area contributed by atoms with Crippen LogP contribution in [0.25, 0.3) is 0 Å². The van der Waals surface area contributed by atoms with Crippen LogP contribution >= 0.6 is 23.2 Å². The van der Waals surface area contributed by atoms with Crippen molar-refractivity contribution < 1.29 is 4.79 Å². The lowest BCUT2D eigenvalue weighted by molar-refractivity contribution is -0.117. The molecule has 2 rings (SSSR count). The van der Waals surface area contributed by atoms with Crippen LogP contribution in [0.2, 0.25) is 0 Å². The largest absolute Gasteiger partial charge is 0.369 e. The highest BCUT2D eigenvalue weighted by molar-refractivity contribution is 6.18. The van der Waals surface area contributed by atoms with Gasteiger partial charge in [-0.25, -0.2) is 0 Å². The van der Waals surface area contributed by atoms with Gasteiger partial charge in [0.05, 0.1) is 17.8 Å². The maximum absolute atomic E-state index is 12.4. The Balaban J connectivity index is 2.04. The van der Waals surface area contributed by atoms with Gasteiger partial charge in [-0.15, -0.1) is 23.2 Å². The number of pyridine rings is 1. The zero-order valence-electron chi connectivity index (χ0n) is 13.6. The van der Waals surface area contributed by atoms with Crippen LogP contribution in [0.5, 0.6) is 0 Å². The topological polar surface area (TPSA) is 45.2 Å². The van der Waals surface area contributed by atoms with E-state index in [4.69, 9.17) is 23.2 Å². The fourth-order valence-corrected chi connectivity index (χ4v) is 2.79. The van der Waals surface area contributed by atoms with Gasteiger partial charge in [-0.05, 0) is 36.8 Å². The highest BCUT2D eigenvalue weighted by Gasteiger charge is 2.16. The van der Waals surface area contributed by atoms with E-state index >= 15 is 0 Å². The van der Waals surface area contributed by atoms with Gasteiger partial charge in [0.2, 0.25) is 5.91 Å². The van der Waals surface area contributed by atoms with Gasteiger partial charge in [-0.2, -0.15) is 0 Å². The maximum atomic E-state index is 12.4. The van der Waals surface area contributed by atoms with Crippen molar-refractivity contribution >= 4 is 40.5 Å². The van der Waals surface area contributed by atoms with E-state index in [1.54, 1.807) is 18.5 Å². The molecule has 24 heavy (non-hydrogen) atoms. The van der Waals surface area contributed by atoms with Crippen LogP contribution in [0.3, 0.4) is 0 Å². The molecule has 6 heteroatoms. The summed E-state index contributed by atoms with van der Waals surface area (Å²) >= 11 is 11.7. The molecule has 0 bridgehead atoms. The Morgan fingerprint density at radius 1 is 1.17 bits per heavy atom. The van der Waals surface area contributed by atoms with Crippen LogP contribution in [-0.2, 0) is 4.79 Å². The molecule has 0 spiro atoms. The van der Waals surface area contributed by atoms with Gasteiger partial charge in [0.15, 0.2) is 0 Å². The number of anilines is 2. The van der Waals surface area contributed by atoms with E-state index in [2.05, 4.69) is 15.2 Å². The maximum Gasteiger partial charge on any atom is 0.231 e. The summed E-state index contributed by atoms with van der Waals surface area (Å²) in [5, 5.41) is 2.87. The molecule has 1 amide bonds. The molecule has 0 aliphatic carbocycles. The van der Waals surface area contributed by atoms with Gasteiger partial charge < -0.3 is 10.2 Å². The molecule has 0 saturated heterocycles. The molecule has 2 aromatic rings. The summed E-state index contributed by atoms with van der Waals surface area (Å²) < 4.78 is 0. The van der Waals surface area contributed by atoms with E-state index in [1.165, 1.54) is 0 Å². The summed E-state index contributed by atoms with van der Waals surface area (Å²) in [5.41, 5.74) is 2.71. The van der Waals surface area contributed by atoms with Gasteiger partial charge in [-0.1, -0.05) is 12.1 Å². The number of hydrogen-bond donors (Lipinski definition) is 1. The smallest absolute Gasteiger partial charge is 0.231 e. The Morgan fingerprint density at radius 2 is 1.83 bits per heavy atom. The quantitative estimate of drug-likeness (QED) is 0.716. The van der Waals surface area contributed by atoms with Crippen molar-refractivity contribution in [1.29, 1.82) is 0 Å². The lowest BCUT2D eigenvalue weighted by Gasteiger charge is -2.23. The number of alkyl halides is 2. The predicted octanol–water partition coefficient (Wildman–Crippen LogP) is 4.11. The molecule has 0 radical (unpaired) electrons. The molecule has 4 nitrogen and oxygen atoms in total. The molecule has 1 atom stereocenters. The van der Waals surface area contributed by atoms with Crippen molar-refractivity contribution in [2.75, 3.05) is 35.1 Å². The highest BCUT2D eigenvalue weighted by Crippen LogP contribution is 2.22. The second kappa shape index (κ2) is 9.50. The van der Waals surface area contributed by atoms with E-state index in [0.717, 1.165) is 24.3 Å². The average Bonchev–Trinajstić information content (AvgIpc) is 2.62. The summed E-state index contributed by atoms with van der Waals surface area (Å²) in [4.78, 5) is 18.5. The zero-order valence-corrected chi connectivity index (χ0v) is 15.1. The van der Waals surface area contributed by atoms with E-state index in [0.29, 0.717) is 17.4 Å². The van der Waals surface area contributed by atoms with Crippen LogP contribution in [-0.4, -0.2) is 35.7 Å². The first-order chi connectivity index (χ1) is 11.7. The number of halogens is 2. The summed E-state index contributed by atoms with van der Waals surface area (Å²) in [6.45, 7) is 3.37. The molecular weight excluding hydrogens is 345 g/mol. The van der Waals surface area contributed by atoms with Gasteiger partial charge in [0.25, 0.3) is 0 Å². The van der Waals surface area contributed by atoms with E-state index in [-0.39, 0.29) is 11.8 Å². The fourth-order valence-electron chi connectivity index (χ4n) is 2.39. The van der Waals surface area contributed by atoms with Gasteiger partial charge in [0.1, 0.15) is 0 Å². The van der Waals surface area contributed by atoms with Crippen LogP contribution in [0, 0.1) is 0 Å². The third-order valence-corrected chi connectivity index (χ3v) is 4.13. The van der Waals surface area contributed by atoms with Crippen LogP contribution in [0.1, 0.15) is 18.4 Å². The molecular formula is C18H21Cl2N3O. The number of amides is 1. The van der Waals surface area contributed by atoms with E-state index < -0.39 is 0 Å². The van der Waals surface area contributed by atoms with Crippen LogP contribution in [0.4, 0.5) is 11.4 Å². The zero-order chi connectivity index (χ0) is 17.4. The Bertz CT molecular complexity index is 628. The van der Waals surface area contributed by atoms with E-state index in [1.807, 2.05) is 37.3 Å². The summed E-state index contributed by atoms with van der Waals surface area (Å²) in [5.74, 6) is 0.772. The first-order valence-corrected chi connectivity index (χ1v) is 8.90. The Labute approximate surface area is 152 Å². The Hall–Kier alpha value is -1.78. The lowest BCUT2D eigenvalue weighted by Crippen LogP contribution is -2.27. The minimum Gasteiger partial charge on any atom is -0.369 e. The molecule has 0 saturated carbocycles. The number of hydrogen-bond acceptors (Lipinski definition) is 3. The summed E-state index contributed by atoms with van der Waals surface area (Å²) in [6, 6.07) is 11.6. The molecule has 1 N–H and O–H groups in total. The second-order valence-electron chi connectivity index (χ2n) is 5.41. The molecule has 1 aromatic heterocycles. The van der Waals surface area contributed by atoms with Gasteiger partial charge in [-0.3, -0.25) is 9.78 Å². The fraction of sp³-hybridized carbons (Fsp3) is 0.333. The number of carbonyl (C=O) groups excluding carboxylic acids is 1. The predicted molar refractivity (Wildman–Crippen MR) is 101 cm³/mol. The third kappa shape index (κ3) is 5.11. The van der Waals surface area contributed by atoms with Crippen molar-refractivity contribution in [2.24, 2.45) is 0 Å². The minimum atomic E-state index is -0.256. The van der Waals surface area contributed by atoms with Crippen molar-refractivity contribution in [1.82, 2.24) is 4.98 Å². The number of benzene rings is 1. The van der Waals surface area contributed by atoms with Gasteiger partial charge in [0, 0.05) is 36.7 Å². The normalized spacial score (nSPS) is 11.8. The SMILES string of the molecule is CC(C(=O)Nc1cccnc1)c1ccc(N(CCCl)CCCl)cc1. The Kier molecular flexibility index (Phi) is 7.35. The number of aromatic nitrogens is 1. The molecule has 1 unspecified atom stereocenters. The molecule has 1 aromatic carbocycles. The third-order valence-electron chi connectivity index (χ3n) is 3.79. The number of nitrogens with one attached hydrogen (secondary N) is 1. The number of rotatable bonds is 8. The van der Waals surface area contributed by atoms with E-state index in [9.17, 15) is 4.79 Å². The molecule has 0 aliphatic rings. The highest BCUT2D eigenvalue weighted by atomic mass is 35.5. The number of nitrogens with zero attached hydrogens (tertiary/aromatic N) is 2. The van der Waals surface area contributed by atoms with Gasteiger partial charge >= 0.3 is 0 Å². The van der Waals surface area contributed by atoms with Crippen LogP contribution in [0.15, 0.2) is 48.8 Å². The Morgan fingerprint density at radius 3 is 2.38 bits per heavy atom. The van der Waals surface area contributed by atoms with Crippen molar-refractivity contribution in [3.8, 4) is 0 Å². The first kappa shape index (κ1) is 18.6. The standard InChI is InChI=1S/C18H21Cl2N3O/c1-14(18(24)22-16-3-2-10-21-13-16)15-4-6-17(7-5-15)23(11-8-19)12-9-20/h2-7,10,13-14H,8-9,11-12H2,1H3,(H,22,24). The first-order valence-electron chi connectivity index (χ1n) is 7.83. The lowest BCUT2D eigenvalue weighted by atomic mass is 10.00. The second-order valence-corrected chi connectivity index (χ2v) is 6.17. The number of carbonyl (C=O) groups is 1. The molecule has 0 fully saturated rings.